The van der Waals surface area contributed by atoms with Gasteiger partial charge in [-0.25, -0.2) is 14.4 Å². The molecule has 6 heteroatoms. The van der Waals surface area contributed by atoms with Gasteiger partial charge in [-0.1, -0.05) is 0 Å². The van der Waals surface area contributed by atoms with Crippen LogP contribution in [0.25, 0.3) is 10.9 Å². The van der Waals surface area contributed by atoms with E-state index in [0.717, 1.165) is 55.5 Å². The molecule has 2 aliphatic rings. The Morgan fingerprint density at radius 1 is 1.20 bits per heavy atom. The number of piperidine rings is 1. The highest BCUT2D eigenvalue weighted by molar-refractivity contribution is 5.89. The van der Waals surface area contributed by atoms with E-state index in [1.165, 1.54) is 24.9 Å². The summed E-state index contributed by atoms with van der Waals surface area (Å²) in [6.07, 6.45) is 7.55. The summed E-state index contributed by atoms with van der Waals surface area (Å²) in [4.78, 5) is 22.9. The molecule has 0 spiro atoms. The molecule has 1 amide bonds. The molecular formula is C19H23FN4O. The molecule has 1 aromatic carbocycles. The van der Waals surface area contributed by atoms with Crippen LogP contribution in [-0.4, -0.2) is 35.0 Å². The van der Waals surface area contributed by atoms with Gasteiger partial charge in [0.05, 0.1) is 5.52 Å². The Bertz CT molecular complexity index is 769. The predicted octanol–water partition coefficient (Wildman–Crippen LogP) is 3.04. The van der Waals surface area contributed by atoms with Crippen molar-refractivity contribution in [3.63, 3.8) is 0 Å². The lowest BCUT2D eigenvalue weighted by molar-refractivity contribution is -0.123. The van der Waals surface area contributed by atoms with Gasteiger partial charge in [0.15, 0.2) is 0 Å². The Morgan fingerprint density at radius 3 is 2.72 bits per heavy atom. The second kappa shape index (κ2) is 6.94. The lowest BCUT2D eigenvalue weighted by atomic mass is 9.90. The summed E-state index contributed by atoms with van der Waals surface area (Å²) in [5, 5.41) is 3.88. The fourth-order valence-corrected chi connectivity index (χ4v) is 3.72. The number of fused-ring (bicyclic) bond motifs is 1. The molecule has 5 nitrogen and oxygen atoms in total. The summed E-state index contributed by atoms with van der Waals surface area (Å²) < 4.78 is 13.6. The summed E-state index contributed by atoms with van der Waals surface area (Å²) in [6.45, 7) is 1.67. The first-order valence-electron chi connectivity index (χ1n) is 9.13. The molecule has 4 rings (SSSR count). The molecule has 1 N–H and O–H groups in total. The van der Waals surface area contributed by atoms with Crippen LogP contribution in [0.3, 0.4) is 0 Å². The third-order valence-electron chi connectivity index (χ3n) is 5.43. The standard InChI is InChI=1S/C19H23FN4O/c20-14-4-5-17-16(11-14)19(22-12-21-17)24-8-6-13(7-9-24)10-18(25)23-15-2-1-3-15/h4-5,11-13,15H,1-3,6-10H2,(H,23,25). The van der Waals surface area contributed by atoms with Gasteiger partial charge in [-0.3, -0.25) is 4.79 Å². The topological polar surface area (TPSA) is 58.1 Å². The summed E-state index contributed by atoms with van der Waals surface area (Å²) >= 11 is 0. The van der Waals surface area contributed by atoms with Gasteiger partial charge in [0.1, 0.15) is 18.0 Å². The molecule has 1 aromatic heterocycles. The lowest BCUT2D eigenvalue weighted by Gasteiger charge is -2.33. The maximum Gasteiger partial charge on any atom is 0.220 e. The SMILES string of the molecule is O=C(CC1CCN(c2ncnc3ccc(F)cc23)CC1)NC1CCC1. The molecule has 1 aliphatic heterocycles. The Balaban J connectivity index is 1.38. The molecular weight excluding hydrogens is 319 g/mol. The van der Waals surface area contributed by atoms with Gasteiger partial charge in [0, 0.05) is 30.9 Å². The van der Waals surface area contributed by atoms with Crippen LogP contribution < -0.4 is 10.2 Å². The summed E-state index contributed by atoms with van der Waals surface area (Å²) in [6, 6.07) is 5.03. The largest absolute Gasteiger partial charge is 0.356 e. The number of benzene rings is 1. The van der Waals surface area contributed by atoms with Gasteiger partial charge in [-0.15, -0.1) is 0 Å². The Hall–Kier alpha value is -2.24. The van der Waals surface area contributed by atoms with E-state index < -0.39 is 0 Å². The fourth-order valence-electron chi connectivity index (χ4n) is 3.72. The van der Waals surface area contributed by atoms with E-state index in [9.17, 15) is 9.18 Å². The Kier molecular flexibility index (Phi) is 4.51. The molecule has 132 valence electrons. The second-order valence-corrected chi connectivity index (χ2v) is 7.19. The van der Waals surface area contributed by atoms with Crippen LogP contribution in [0, 0.1) is 11.7 Å². The molecule has 0 atom stereocenters. The number of carbonyl (C=O) groups is 1. The highest BCUT2D eigenvalue weighted by Crippen LogP contribution is 2.29. The van der Waals surface area contributed by atoms with Crippen molar-refractivity contribution >= 4 is 22.6 Å². The van der Waals surface area contributed by atoms with Crippen molar-refractivity contribution in [2.75, 3.05) is 18.0 Å². The van der Waals surface area contributed by atoms with Gasteiger partial charge in [-0.05, 0) is 56.2 Å². The number of hydrogen-bond donors (Lipinski definition) is 1. The first-order chi connectivity index (χ1) is 12.2. The van der Waals surface area contributed by atoms with Crippen LogP contribution in [0.1, 0.15) is 38.5 Å². The number of rotatable bonds is 4. The van der Waals surface area contributed by atoms with E-state index in [0.29, 0.717) is 18.4 Å². The number of aromatic nitrogens is 2. The first kappa shape index (κ1) is 16.2. The summed E-state index contributed by atoms with van der Waals surface area (Å²) in [7, 11) is 0. The molecule has 2 fully saturated rings. The van der Waals surface area contributed by atoms with E-state index in [1.807, 2.05) is 0 Å². The molecule has 2 aromatic rings. The highest BCUT2D eigenvalue weighted by atomic mass is 19.1. The van der Waals surface area contributed by atoms with E-state index in [-0.39, 0.29) is 11.7 Å². The number of anilines is 1. The van der Waals surface area contributed by atoms with Crippen LogP contribution in [0.5, 0.6) is 0 Å². The van der Waals surface area contributed by atoms with Crippen LogP contribution >= 0.6 is 0 Å². The first-order valence-corrected chi connectivity index (χ1v) is 9.13. The minimum Gasteiger partial charge on any atom is -0.356 e. The van der Waals surface area contributed by atoms with Crippen molar-refractivity contribution in [2.45, 2.75) is 44.6 Å². The molecule has 0 unspecified atom stereocenters. The van der Waals surface area contributed by atoms with Gasteiger partial charge in [0.2, 0.25) is 5.91 Å². The van der Waals surface area contributed by atoms with E-state index in [4.69, 9.17) is 0 Å². The number of carbonyl (C=O) groups excluding carboxylic acids is 1. The molecule has 25 heavy (non-hydrogen) atoms. The van der Waals surface area contributed by atoms with Crippen molar-refractivity contribution in [2.24, 2.45) is 5.92 Å². The van der Waals surface area contributed by atoms with Crippen molar-refractivity contribution in [1.29, 1.82) is 0 Å². The third kappa shape index (κ3) is 3.57. The zero-order valence-corrected chi connectivity index (χ0v) is 14.2. The smallest absolute Gasteiger partial charge is 0.220 e. The molecule has 1 saturated carbocycles. The minimum absolute atomic E-state index is 0.192. The van der Waals surface area contributed by atoms with Crippen molar-refractivity contribution < 1.29 is 9.18 Å². The van der Waals surface area contributed by atoms with E-state index in [2.05, 4.69) is 20.2 Å². The quantitative estimate of drug-likeness (QED) is 0.928. The zero-order valence-electron chi connectivity index (χ0n) is 14.2. The highest BCUT2D eigenvalue weighted by Gasteiger charge is 2.25. The molecule has 0 radical (unpaired) electrons. The average molecular weight is 342 g/mol. The van der Waals surface area contributed by atoms with Gasteiger partial charge in [0.25, 0.3) is 0 Å². The van der Waals surface area contributed by atoms with Gasteiger partial charge >= 0.3 is 0 Å². The predicted molar refractivity (Wildman–Crippen MR) is 94.8 cm³/mol. The van der Waals surface area contributed by atoms with E-state index >= 15 is 0 Å². The molecule has 1 aliphatic carbocycles. The Labute approximate surface area is 146 Å². The molecule has 0 bridgehead atoms. The van der Waals surface area contributed by atoms with Crippen LogP contribution in [0.2, 0.25) is 0 Å². The minimum atomic E-state index is -0.272. The van der Waals surface area contributed by atoms with Crippen molar-refractivity contribution in [1.82, 2.24) is 15.3 Å². The average Bonchev–Trinajstić information content (AvgIpc) is 2.58. The van der Waals surface area contributed by atoms with Gasteiger partial charge < -0.3 is 10.2 Å². The number of halogens is 1. The summed E-state index contributed by atoms with van der Waals surface area (Å²) in [5.41, 5.74) is 0.758. The fraction of sp³-hybridized carbons (Fsp3) is 0.526. The van der Waals surface area contributed by atoms with Crippen LogP contribution in [0.4, 0.5) is 10.2 Å². The molecule has 1 saturated heterocycles. The van der Waals surface area contributed by atoms with E-state index in [1.54, 1.807) is 6.07 Å². The van der Waals surface area contributed by atoms with Gasteiger partial charge in [-0.2, -0.15) is 0 Å². The van der Waals surface area contributed by atoms with Crippen molar-refractivity contribution in [3.05, 3.63) is 30.3 Å². The zero-order chi connectivity index (χ0) is 17.2. The van der Waals surface area contributed by atoms with Crippen LogP contribution in [-0.2, 0) is 4.79 Å². The number of nitrogens with one attached hydrogen (secondary N) is 1. The third-order valence-corrected chi connectivity index (χ3v) is 5.43. The maximum absolute atomic E-state index is 13.6. The maximum atomic E-state index is 13.6. The Morgan fingerprint density at radius 2 is 2.00 bits per heavy atom. The molecule has 2 heterocycles. The lowest BCUT2D eigenvalue weighted by Crippen LogP contribution is -2.41. The number of hydrogen-bond acceptors (Lipinski definition) is 4. The van der Waals surface area contributed by atoms with Crippen molar-refractivity contribution in [3.8, 4) is 0 Å². The monoisotopic (exact) mass is 342 g/mol. The number of amides is 1. The summed E-state index contributed by atoms with van der Waals surface area (Å²) in [5.74, 6) is 1.13. The van der Waals surface area contributed by atoms with Crippen LogP contribution in [0.15, 0.2) is 24.5 Å². The second-order valence-electron chi connectivity index (χ2n) is 7.19. The number of nitrogens with zero attached hydrogens (tertiary/aromatic N) is 3. The normalized spacial score (nSPS) is 19.0.